The van der Waals surface area contributed by atoms with Gasteiger partial charge in [-0.25, -0.2) is 4.98 Å². The molecule has 1 aliphatic rings. The number of amides is 1. The highest BCUT2D eigenvalue weighted by Crippen LogP contribution is 2.26. The van der Waals surface area contributed by atoms with Crippen LogP contribution in [0.2, 0.25) is 0 Å². The first-order valence-corrected chi connectivity index (χ1v) is 10.3. The summed E-state index contributed by atoms with van der Waals surface area (Å²) in [5.41, 5.74) is 1.39. The number of ether oxygens (including phenoxy) is 2. The van der Waals surface area contributed by atoms with Crippen molar-refractivity contribution in [3.05, 3.63) is 41.6 Å². The van der Waals surface area contributed by atoms with Crippen molar-refractivity contribution in [2.75, 3.05) is 47.4 Å². The summed E-state index contributed by atoms with van der Waals surface area (Å²) < 4.78 is 16.5. The van der Waals surface area contributed by atoms with Gasteiger partial charge in [-0.15, -0.1) is 0 Å². The van der Waals surface area contributed by atoms with Crippen molar-refractivity contribution in [2.24, 2.45) is 0 Å². The van der Waals surface area contributed by atoms with Crippen LogP contribution in [-0.2, 0) is 13.1 Å². The predicted molar refractivity (Wildman–Crippen MR) is 114 cm³/mol. The molecular formula is C22H32N4O4. The van der Waals surface area contributed by atoms with E-state index in [2.05, 4.69) is 35.7 Å². The lowest BCUT2D eigenvalue weighted by Crippen LogP contribution is -2.47. The normalized spacial score (nSPS) is 15.1. The molecule has 1 aliphatic heterocycles. The Balaban J connectivity index is 1.70. The van der Waals surface area contributed by atoms with Crippen LogP contribution in [0.25, 0.3) is 0 Å². The second kappa shape index (κ2) is 9.95. The topological polar surface area (TPSA) is 71.3 Å². The van der Waals surface area contributed by atoms with Gasteiger partial charge in [0.05, 0.1) is 20.8 Å². The number of carbonyl (C=O) groups excluding carboxylic acids is 1. The number of methoxy groups -OCH3 is 2. The van der Waals surface area contributed by atoms with E-state index in [1.165, 1.54) is 6.26 Å². The van der Waals surface area contributed by atoms with E-state index >= 15 is 0 Å². The van der Waals surface area contributed by atoms with Gasteiger partial charge in [-0.05, 0) is 39.1 Å². The second-order valence-corrected chi connectivity index (χ2v) is 7.90. The molecule has 0 bridgehead atoms. The fourth-order valence-electron chi connectivity index (χ4n) is 3.47. The zero-order valence-corrected chi connectivity index (χ0v) is 18.6. The highest BCUT2D eigenvalue weighted by Gasteiger charge is 2.24. The third kappa shape index (κ3) is 5.31. The van der Waals surface area contributed by atoms with E-state index in [9.17, 15) is 4.79 Å². The number of oxazole rings is 1. The van der Waals surface area contributed by atoms with E-state index in [-0.39, 0.29) is 11.9 Å². The molecule has 1 aromatic heterocycles. The molecule has 1 amide bonds. The van der Waals surface area contributed by atoms with Crippen LogP contribution in [0.3, 0.4) is 0 Å². The van der Waals surface area contributed by atoms with Gasteiger partial charge in [0.25, 0.3) is 5.91 Å². The largest absolute Gasteiger partial charge is 0.497 e. The van der Waals surface area contributed by atoms with Crippen molar-refractivity contribution in [3.8, 4) is 11.5 Å². The van der Waals surface area contributed by atoms with Crippen LogP contribution in [0, 0.1) is 0 Å². The van der Waals surface area contributed by atoms with Crippen LogP contribution in [-0.4, -0.2) is 79.1 Å². The summed E-state index contributed by atoms with van der Waals surface area (Å²) in [6, 6.07) is 6.01. The first-order valence-electron chi connectivity index (χ1n) is 10.3. The first kappa shape index (κ1) is 22.1. The van der Waals surface area contributed by atoms with Crippen molar-refractivity contribution in [1.29, 1.82) is 0 Å². The van der Waals surface area contributed by atoms with E-state index < -0.39 is 0 Å². The fraction of sp³-hybridized carbons (Fsp3) is 0.545. The highest BCUT2D eigenvalue weighted by atomic mass is 16.5. The zero-order chi connectivity index (χ0) is 21.7. The molecule has 0 aliphatic carbocycles. The Kier molecular flexibility index (Phi) is 7.33. The van der Waals surface area contributed by atoms with Gasteiger partial charge in [0.1, 0.15) is 17.8 Å². The molecular weight excluding hydrogens is 384 g/mol. The molecule has 1 fully saturated rings. The average Bonchev–Trinajstić information content (AvgIpc) is 3.21. The second-order valence-electron chi connectivity index (χ2n) is 7.90. The number of piperazine rings is 1. The molecule has 164 valence electrons. The molecule has 0 saturated carbocycles. The van der Waals surface area contributed by atoms with Crippen molar-refractivity contribution in [3.63, 3.8) is 0 Å². The molecule has 1 aromatic carbocycles. The van der Waals surface area contributed by atoms with Crippen LogP contribution in [0.1, 0.15) is 35.8 Å². The van der Waals surface area contributed by atoms with Gasteiger partial charge in [-0.2, -0.15) is 0 Å². The lowest BCUT2D eigenvalue weighted by molar-refractivity contribution is 0.0658. The summed E-state index contributed by atoms with van der Waals surface area (Å²) in [6.45, 7) is 8.55. The Hall–Kier alpha value is -2.58. The van der Waals surface area contributed by atoms with Crippen molar-refractivity contribution < 1.29 is 18.7 Å². The SMILES string of the molecule is COc1ccc(OC)c(CN(Cc2nc(C(=O)N3CCN(C)CC3)co2)C(C)C)c1. The lowest BCUT2D eigenvalue weighted by atomic mass is 10.1. The molecule has 0 spiro atoms. The molecule has 0 N–H and O–H groups in total. The van der Waals surface area contributed by atoms with E-state index in [1.54, 1.807) is 14.2 Å². The van der Waals surface area contributed by atoms with Gasteiger partial charge in [-0.3, -0.25) is 9.69 Å². The quantitative estimate of drug-likeness (QED) is 0.655. The van der Waals surface area contributed by atoms with Gasteiger partial charge < -0.3 is 23.7 Å². The number of aromatic nitrogens is 1. The third-order valence-electron chi connectivity index (χ3n) is 5.49. The minimum Gasteiger partial charge on any atom is -0.497 e. The van der Waals surface area contributed by atoms with E-state index in [1.807, 2.05) is 23.1 Å². The Morgan fingerprint density at radius 3 is 2.53 bits per heavy atom. The Morgan fingerprint density at radius 2 is 1.90 bits per heavy atom. The summed E-state index contributed by atoms with van der Waals surface area (Å²) in [6.07, 6.45) is 1.47. The Bertz CT molecular complexity index is 843. The molecule has 3 rings (SSSR count). The first-order chi connectivity index (χ1) is 14.4. The Morgan fingerprint density at radius 1 is 1.17 bits per heavy atom. The molecule has 0 unspecified atom stereocenters. The molecule has 2 heterocycles. The number of rotatable bonds is 8. The maximum absolute atomic E-state index is 12.7. The van der Waals surface area contributed by atoms with Gasteiger partial charge in [0.15, 0.2) is 5.69 Å². The third-order valence-corrected chi connectivity index (χ3v) is 5.49. The smallest absolute Gasteiger partial charge is 0.275 e. The number of hydrogen-bond donors (Lipinski definition) is 0. The summed E-state index contributed by atoms with van der Waals surface area (Å²) in [7, 11) is 5.38. The molecule has 0 atom stereocenters. The van der Waals surface area contributed by atoms with Crippen LogP contribution >= 0.6 is 0 Å². The maximum Gasteiger partial charge on any atom is 0.275 e. The van der Waals surface area contributed by atoms with Crippen LogP contribution in [0.15, 0.2) is 28.9 Å². The van der Waals surface area contributed by atoms with E-state index in [0.29, 0.717) is 37.8 Å². The number of hydrogen-bond acceptors (Lipinski definition) is 7. The molecule has 8 heteroatoms. The number of nitrogens with zero attached hydrogens (tertiary/aromatic N) is 4. The summed E-state index contributed by atoms with van der Waals surface area (Å²) >= 11 is 0. The number of carbonyl (C=O) groups is 1. The van der Waals surface area contributed by atoms with E-state index in [4.69, 9.17) is 13.9 Å². The zero-order valence-electron chi connectivity index (χ0n) is 18.6. The molecule has 8 nitrogen and oxygen atoms in total. The minimum atomic E-state index is -0.0661. The fourth-order valence-corrected chi connectivity index (χ4v) is 3.47. The lowest BCUT2D eigenvalue weighted by Gasteiger charge is -2.31. The molecule has 2 aromatic rings. The van der Waals surface area contributed by atoms with Crippen LogP contribution in [0.5, 0.6) is 11.5 Å². The maximum atomic E-state index is 12.7. The summed E-state index contributed by atoms with van der Waals surface area (Å²) in [4.78, 5) is 23.5. The molecule has 1 saturated heterocycles. The van der Waals surface area contributed by atoms with E-state index in [0.717, 1.165) is 30.2 Å². The average molecular weight is 417 g/mol. The predicted octanol–water partition coefficient (Wildman–Crippen LogP) is 2.49. The monoisotopic (exact) mass is 416 g/mol. The van der Waals surface area contributed by atoms with Crippen LogP contribution < -0.4 is 9.47 Å². The van der Waals surface area contributed by atoms with Gasteiger partial charge in [0.2, 0.25) is 5.89 Å². The molecule has 0 radical (unpaired) electrons. The summed E-state index contributed by atoms with van der Waals surface area (Å²) in [5.74, 6) is 2.05. The van der Waals surface area contributed by atoms with Crippen molar-refractivity contribution in [2.45, 2.75) is 33.0 Å². The highest BCUT2D eigenvalue weighted by molar-refractivity contribution is 5.92. The Labute approximate surface area is 178 Å². The van der Waals surface area contributed by atoms with Crippen LogP contribution in [0.4, 0.5) is 0 Å². The van der Waals surface area contributed by atoms with Gasteiger partial charge in [0, 0.05) is 44.3 Å². The summed E-state index contributed by atoms with van der Waals surface area (Å²) in [5, 5.41) is 0. The molecule has 30 heavy (non-hydrogen) atoms. The minimum absolute atomic E-state index is 0.0661. The van der Waals surface area contributed by atoms with Crippen molar-refractivity contribution >= 4 is 5.91 Å². The number of likely N-dealkylation sites (N-methyl/N-ethyl adjacent to an activating group) is 1. The number of benzene rings is 1. The van der Waals surface area contributed by atoms with Crippen molar-refractivity contribution in [1.82, 2.24) is 19.7 Å². The van der Waals surface area contributed by atoms with Gasteiger partial charge >= 0.3 is 0 Å². The standard InChI is InChI=1S/C22H32N4O4/c1-16(2)26(13-17-12-18(28-4)6-7-20(17)29-5)14-21-23-19(15-30-21)22(27)25-10-8-24(3)9-11-25/h6-7,12,15-16H,8-11,13-14H2,1-5H3. The van der Waals surface area contributed by atoms with Gasteiger partial charge in [-0.1, -0.05) is 0 Å².